The Morgan fingerprint density at radius 3 is 2.62 bits per heavy atom. The topological polar surface area (TPSA) is 55.1 Å². The van der Waals surface area contributed by atoms with Crippen LogP contribution in [0.1, 0.15) is 45.4 Å². The number of urea groups is 1. The average Bonchev–Trinajstić information content (AvgIpc) is 2.04. The fourth-order valence-electron chi connectivity index (χ4n) is 2.22. The predicted molar refractivity (Wildman–Crippen MR) is 53.4 cm³/mol. The van der Waals surface area contributed by atoms with E-state index in [2.05, 4.69) is 5.32 Å². The van der Waals surface area contributed by atoms with E-state index in [-0.39, 0.29) is 6.04 Å². The Kier molecular flexibility index (Phi) is 4.06. The lowest BCUT2D eigenvalue weighted by Gasteiger charge is -2.24. The van der Waals surface area contributed by atoms with Crippen molar-refractivity contribution in [3.63, 3.8) is 0 Å². The van der Waals surface area contributed by atoms with E-state index in [0.717, 1.165) is 12.3 Å². The van der Waals surface area contributed by atoms with E-state index >= 15 is 0 Å². The van der Waals surface area contributed by atoms with Crippen molar-refractivity contribution in [3.8, 4) is 0 Å². The third-order valence-electron chi connectivity index (χ3n) is 2.80. The Balaban J connectivity index is 2.18. The summed E-state index contributed by atoms with van der Waals surface area (Å²) in [6.45, 7) is 2.03. The van der Waals surface area contributed by atoms with Gasteiger partial charge >= 0.3 is 6.03 Å². The van der Waals surface area contributed by atoms with Crippen LogP contribution in [0.25, 0.3) is 0 Å². The summed E-state index contributed by atoms with van der Waals surface area (Å²) in [5.41, 5.74) is 5.05. The van der Waals surface area contributed by atoms with Gasteiger partial charge in [0.1, 0.15) is 0 Å². The summed E-state index contributed by atoms with van der Waals surface area (Å²) in [6, 6.07) is -0.163. The molecule has 0 aromatic carbocycles. The molecule has 1 fully saturated rings. The van der Waals surface area contributed by atoms with Crippen molar-refractivity contribution >= 4 is 6.03 Å². The molecular weight excluding hydrogens is 164 g/mol. The molecule has 1 aliphatic carbocycles. The van der Waals surface area contributed by atoms with Crippen LogP contribution in [0, 0.1) is 5.92 Å². The highest BCUT2D eigenvalue weighted by Crippen LogP contribution is 2.27. The van der Waals surface area contributed by atoms with Gasteiger partial charge in [0.2, 0.25) is 0 Å². The second-order valence-corrected chi connectivity index (χ2v) is 4.15. The third-order valence-corrected chi connectivity index (χ3v) is 2.80. The van der Waals surface area contributed by atoms with Gasteiger partial charge in [-0.15, -0.1) is 0 Å². The van der Waals surface area contributed by atoms with Crippen LogP contribution in [0.5, 0.6) is 0 Å². The Bertz CT molecular complexity index is 164. The largest absolute Gasteiger partial charge is 0.352 e. The number of hydrogen-bond donors (Lipinski definition) is 2. The molecule has 1 atom stereocenters. The van der Waals surface area contributed by atoms with E-state index in [4.69, 9.17) is 5.73 Å². The zero-order valence-electron chi connectivity index (χ0n) is 8.38. The van der Waals surface area contributed by atoms with E-state index in [1.165, 1.54) is 32.1 Å². The summed E-state index contributed by atoms with van der Waals surface area (Å²) >= 11 is 0. The number of amides is 2. The Morgan fingerprint density at radius 2 is 2.08 bits per heavy atom. The minimum atomic E-state index is -0.400. The molecule has 0 radical (unpaired) electrons. The lowest BCUT2D eigenvalue weighted by atomic mass is 9.85. The van der Waals surface area contributed by atoms with Crippen LogP contribution >= 0.6 is 0 Å². The highest BCUT2D eigenvalue weighted by Gasteiger charge is 2.16. The number of carbonyl (C=O) groups excluding carboxylic acids is 1. The molecule has 0 heterocycles. The van der Waals surface area contributed by atoms with Crippen LogP contribution in [0.3, 0.4) is 0 Å². The molecule has 1 aliphatic rings. The van der Waals surface area contributed by atoms with E-state index in [1.54, 1.807) is 0 Å². The first-order chi connectivity index (χ1) is 6.18. The number of hydrogen-bond acceptors (Lipinski definition) is 1. The highest BCUT2D eigenvalue weighted by atomic mass is 16.2. The van der Waals surface area contributed by atoms with Gasteiger partial charge in [-0.1, -0.05) is 32.1 Å². The Morgan fingerprint density at radius 1 is 1.46 bits per heavy atom. The van der Waals surface area contributed by atoms with Gasteiger partial charge in [-0.25, -0.2) is 4.79 Å². The SMILES string of the molecule is C[C@H](CC1CCCCC1)NC(N)=O. The molecule has 1 saturated carbocycles. The lowest BCUT2D eigenvalue weighted by molar-refractivity contribution is 0.240. The van der Waals surface area contributed by atoms with Gasteiger partial charge in [-0.2, -0.15) is 0 Å². The average molecular weight is 184 g/mol. The number of rotatable bonds is 3. The van der Waals surface area contributed by atoms with Crippen molar-refractivity contribution in [2.75, 3.05) is 0 Å². The summed E-state index contributed by atoms with van der Waals surface area (Å²) in [4.78, 5) is 10.6. The van der Waals surface area contributed by atoms with Gasteiger partial charge in [0.05, 0.1) is 0 Å². The molecule has 0 aromatic heterocycles. The number of nitrogens with one attached hydrogen (secondary N) is 1. The summed E-state index contributed by atoms with van der Waals surface area (Å²) < 4.78 is 0. The van der Waals surface area contributed by atoms with E-state index in [1.807, 2.05) is 6.92 Å². The van der Waals surface area contributed by atoms with Crippen molar-refractivity contribution < 1.29 is 4.79 Å². The molecule has 3 heteroatoms. The summed E-state index contributed by atoms with van der Waals surface area (Å²) in [6.07, 6.45) is 7.83. The molecule has 0 spiro atoms. The number of carbonyl (C=O) groups is 1. The Hall–Kier alpha value is -0.730. The first-order valence-electron chi connectivity index (χ1n) is 5.24. The molecule has 76 valence electrons. The molecule has 3 N–H and O–H groups in total. The minimum absolute atomic E-state index is 0.237. The number of primary amides is 1. The molecule has 0 aromatic rings. The molecule has 3 nitrogen and oxygen atoms in total. The fourth-order valence-corrected chi connectivity index (χ4v) is 2.22. The second kappa shape index (κ2) is 5.10. The van der Waals surface area contributed by atoms with E-state index < -0.39 is 6.03 Å². The first-order valence-corrected chi connectivity index (χ1v) is 5.24. The fraction of sp³-hybridized carbons (Fsp3) is 0.900. The van der Waals surface area contributed by atoms with Crippen molar-refractivity contribution in [2.24, 2.45) is 11.7 Å². The molecule has 0 saturated heterocycles. The molecule has 0 bridgehead atoms. The van der Waals surface area contributed by atoms with Crippen molar-refractivity contribution in [3.05, 3.63) is 0 Å². The van der Waals surface area contributed by atoms with Gasteiger partial charge in [0, 0.05) is 6.04 Å². The predicted octanol–water partition coefficient (Wildman–Crippen LogP) is 2.01. The zero-order chi connectivity index (χ0) is 9.68. The second-order valence-electron chi connectivity index (χ2n) is 4.15. The molecule has 0 unspecified atom stereocenters. The van der Waals surface area contributed by atoms with Crippen LogP contribution in [-0.4, -0.2) is 12.1 Å². The van der Waals surface area contributed by atoms with Crippen molar-refractivity contribution in [2.45, 2.75) is 51.5 Å². The third kappa shape index (κ3) is 4.15. The molecule has 13 heavy (non-hydrogen) atoms. The maximum Gasteiger partial charge on any atom is 0.312 e. The molecule has 0 aliphatic heterocycles. The van der Waals surface area contributed by atoms with Crippen LogP contribution in [0.2, 0.25) is 0 Å². The highest BCUT2D eigenvalue weighted by molar-refractivity contribution is 5.71. The van der Waals surface area contributed by atoms with Gasteiger partial charge < -0.3 is 11.1 Å². The van der Waals surface area contributed by atoms with Gasteiger partial charge in [-0.05, 0) is 19.3 Å². The van der Waals surface area contributed by atoms with E-state index in [9.17, 15) is 4.79 Å². The molecular formula is C10H20N2O. The van der Waals surface area contributed by atoms with Crippen molar-refractivity contribution in [1.29, 1.82) is 0 Å². The van der Waals surface area contributed by atoms with Crippen LogP contribution in [-0.2, 0) is 0 Å². The monoisotopic (exact) mass is 184 g/mol. The van der Waals surface area contributed by atoms with Crippen molar-refractivity contribution in [1.82, 2.24) is 5.32 Å². The molecule has 1 rings (SSSR count). The summed E-state index contributed by atoms with van der Waals surface area (Å²) in [5, 5.41) is 2.73. The van der Waals surface area contributed by atoms with Crippen LogP contribution in [0.4, 0.5) is 4.79 Å². The lowest BCUT2D eigenvalue weighted by Crippen LogP contribution is -2.38. The maximum atomic E-state index is 10.6. The van der Waals surface area contributed by atoms with E-state index in [0.29, 0.717) is 0 Å². The maximum absolute atomic E-state index is 10.6. The van der Waals surface area contributed by atoms with Crippen LogP contribution < -0.4 is 11.1 Å². The smallest absolute Gasteiger partial charge is 0.312 e. The Labute approximate surface area is 80.1 Å². The zero-order valence-corrected chi connectivity index (χ0v) is 8.38. The standard InChI is InChI=1S/C10H20N2O/c1-8(12-10(11)13)7-9-5-3-2-4-6-9/h8-9H,2-7H2,1H3,(H3,11,12,13)/t8-/m1/s1. The first kappa shape index (κ1) is 10.4. The van der Waals surface area contributed by atoms with Gasteiger partial charge in [0.15, 0.2) is 0 Å². The molecule has 2 amide bonds. The normalized spacial score (nSPS) is 21.0. The minimum Gasteiger partial charge on any atom is -0.352 e. The van der Waals surface area contributed by atoms with Gasteiger partial charge in [-0.3, -0.25) is 0 Å². The van der Waals surface area contributed by atoms with Crippen LogP contribution in [0.15, 0.2) is 0 Å². The summed E-state index contributed by atoms with van der Waals surface area (Å²) in [5.74, 6) is 0.801. The quantitative estimate of drug-likeness (QED) is 0.692. The summed E-state index contributed by atoms with van der Waals surface area (Å²) in [7, 11) is 0. The van der Waals surface area contributed by atoms with Gasteiger partial charge in [0.25, 0.3) is 0 Å². The number of nitrogens with two attached hydrogens (primary N) is 1.